The molecule has 108 valence electrons. The maximum atomic E-state index is 12.1. The van der Waals surface area contributed by atoms with E-state index in [0.717, 1.165) is 6.42 Å². The number of amides is 1. The number of benzene rings is 1. The summed E-state index contributed by atoms with van der Waals surface area (Å²) >= 11 is 0. The van der Waals surface area contributed by atoms with E-state index in [1.54, 1.807) is 24.4 Å². The molecule has 8 heteroatoms. The fourth-order valence-corrected chi connectivity index (χ4v) is 2.07. The molecular weight excluding hydrogens is 276 g/mol. The highest BCUT2D eigenvalue weighted by atomic mass is 16.7. The van der Waals surface area contributed by atoms with Crippen LogP contribution in [0.3, 0.4) is 0 Å². The van der Waals surface area contributed by atoms with Crippen LogP contribution in [0.15, 0.2) is 36.5 Å². The van der Waals surface area contributed by atoms with Crippen LogP contribution in [0.25, 0.3) is 5.69 Å². The van der Waals surface area contributed by atoms with Gasteiger partial charge in [-0.3, -0.25) is 19.7 Å². The lowest BCUT2D eigenvalue weighted by molar-refractivity contribution is -0.384. The summed E-state index contributed by atoms with van der Waals surface area (Å²) in [4.78, 5) is 27.6. The maximum Gasteiger partial charge on any atom is 0.297 e. The largest absolute Gasteiger partial charge is 0.297 e. The molecule has 0 bridgehead atoms. The van der Waals surface area contributed by atoms with E-state index in [0.29, 0.717) is 18.8 Å². The van der Waals surface area contributed by atoms with Crippen LogP contribution in [0.5, 0.6) is 0 Å². The number of nitro groups is 1. The minimum Gasteiger partial charge on any atom is -0.271 e. The summed E-state index contributed by atoms with van der Waals surface area (Å²) < 4.78 is 1.43. The van der Waals surface area contributed by atoms with Gasteiger partial charge in [0.2, 0.25) is 0 Å². The molecular formula is C13H12N4O4. The van der Waals surface area contributed by atoms with Gasteiger partial charge in [0.15, 0.2) is 5.69 Å². The Morgan fingerprint density at radius 3 is 2.95 bits per heavy atom. The van der Waals surface area contributed by atoms with Crippen molar-refractivity contribution in [2.45, 2.75) is 6.42 Å². The fraction of sp³-hybridized carbons (Fsp3) is 0.231. The van der Waals surface area contributed by atoms with Crippen molar-refractivity contribution in [1.82, 2.24) is 14.8 Å². The van der Waals surface area contributed by atoms with Gasteiger partial charge in [-0.25, -0.2) is 9.75 Å². The summed E-state index contributed by atoms with van der Waals surface area (Å²) in [6.07, 6.45) is 2.39. The van der Waals surface area contributed by atoms with Crippen LogP contribution in [-0.2, 0) is 4.84 Å². The summed E-state index contributed by atoms with van der Waals surface area (Å²) in [6, 6.07) is 7.61. The topological polar surface area (TPSA) is 90.5 Å². The SMILES string of the molecule is O=C(c1ccn(-c2cccc([N+](=O)[O-])c2)n1)N1CCCO1. The lowest BCUT2D eigenvalue weighted by atomic mass is 10.3. The van der Waals surface area contributed by atoms with Crippen LogP contribution in [0, 0.1) is 10.1 Å². The number of aromatic nitrogens is 2. The van der Waals surface area contributed by atoms with Gasteiger partial charge in [0, 0.05) is 18.3 Å². The summed E-state index contributed by atoms with van der Waals surface area (Å²) in [7, 11) is 0. The van der Waals surface area contributed by atoms with Crippen LogP contribution < -0.4 is 0 Å². The van der Waals surface area contributed by atoms with Gasteiger partial charge in [-0.05, 0) is 18.6 Å². The number of hydroxylamine groups is 2. The molecule has 0 atom stereocenters. The second kappa shape index (κ2) is 5.33. The van der Waals surface area contributed by atoms with Gasteiger partial charge < -0.3 is 0 Å². The van der Waals surface area contributed by atoms with E-state index >= 15 is 0 Å². The van der Waals surface area contributed by atoms with Gasteiger partial charge in [-0.15, -0.1) is 0 Å². The summed E-state index contributed by atoms with van der Waals surface area (Å²) in [5.74, 6) is -0.309. The highest BCUT2D eigenvalue weighted by Crippen LogP contribution is 2.17. The molecule has 0 saturated carbocycles. The average Bonchev–Trinajstić information content (AvgIpc) is 3.18. The van der Waals surface area contributed by atoms with Gasteiger partial charge >= 0.3 is 0 Å². The number of carbonyl (C=O) groups excluding carboxylic acids is 1. The van der Waals surface area contributed by atoms with Crippen LogP contribution in [0.4, 0.5) is 5.69 Å². The third kappa shape index (κ3) is 2.61. The Morgan fingerprint density at radius 2 is 2.24 bits per heavy atom. The lowest BCUT2D eigenvalue weighted by Gasteiger charge is -2.11. The molecule has 1 amide bonds. The molecule has 8 nitrogen and oxygen atoms in total. The van der Waals surface area contributed by atoms with Crippen molar-refractivity contribution in [1.29, 1.82) is 0 Å². The van der Waals surface area contributed by atoms with Crippen molar-refractivity contribution in [2.24, 2.45) is 0 Å². The summed E-state index contributed by atoms with van der Waals surface area (Å²) in [5, 5.41) is 16.2. The second-order valence-electron chi connectivity index (χ2n) is 4.52. The molecule has 0 unspecified atom stereocenters. The number of carbonyl (C=O) groups is 1. The number of hydrogen-bond acceptors (Lipinski definition) is 5. The first-order valence-electron chi connectivity index (χ1n) is 6.40. The molecule has 2 heterocycles. The molecule has 2 aromatic rings. The lowest BCUT2D eigenvalue weighted by Crippen LogP contribution is -2.26. The van der Waals surface area contributed by atoms with E-state index in [9.17, 15) is 14.9 Å². The number of nitro benzene ring substituents is 1. The predicted octanol–water partition coefficient (Wildman–Crippen LogP) is 1.56. The molecule has 1 aliphatic heterocycles. The average molecular weight is 288 g/mol. The number of nitrogens with zero attached hydrogens (tertiary/aromatic N) is 4. The Bertz CT molecular complexity index is 691. The zero-order valence-electron chi connectivity index (χ0n) is 11.0. The van der Waals surface area contributed by atoms with E-state index in [-0.39, 0.29) is 17.3 Å². The van der Waals surface area contributed by atoms with Gasteiger partial charge in [-0.1, -0.05) is 6.07 Å². The normalized spacial score (nSPS) is 14.4. The Balaban J connectivity index is 1.86. The van der Waals surface area contributed by atoms with Crippen molar-refractivity contribution >= 4 is 11.6 Å². The number of rotatable bonds is 3. The Kier molecular flexibility index (Phi) is 3.36. The van der Waals surface area contributed by atoms with Crippen molar-refractivity contribution in [3.63, 3.8) is 0 Å². The number of non-ortho nitro benzene ring substituents is 1. The fourth-order valence-electron chi connectivity index (χ4n) is 2.07. The van der Waals surface area contributed by atoms with Crippen LogP contribution in [-0.4, -0.2) is 38.8 Å². The molecule has 3 rings (SSSR count). The first kappa shape index (κ1) is 13.3. The van der Waals surface area contributed by atoms with Gasteiger partial charge in [0.25, 0.3) is 11.6 Å². The third-order valence-corrected chi connectivity index (χ3v) is 3.09. The van der Waals surface area contributed by atoms with Gasteiger partial charge in [0.1, 0.15) is 0 Å². The van der Waals surface area contributed by atoms with Gasteiger partial charge in [0.05, 0.1) is 23.8 Å². The molecule has 0 spiro atoms. The second-order valence-corrected chi connectivity index (χ2v) is 4.52. The third-order valence-electron chi connectivity index (χ3n) is 3.09. The maximum absolute atomic E-state index is 12.1. The zero-order valence-corrected chi connectivity index (χ0v) is 11.0. The Labute approximate surface area is 119 Å². The van der Waals surface area contributed by atoms with Crippen molar-refractivity contribution in [3.8, 4) is 5.69 Å². The van der Waals surface area contributed by atoms with E-state index in [4.69, 9.17) is 4.84 Å². The van der Waals surface area contributed by atoms with E-state index in [2.05, 4.69) is 5.10 Å². The minimum absolute atomic E-state index is 0.0289. The van der Waals surface area contributed by atoms with Crippen molar-refractivity contribution in [2.75, 3.05) is 13.2 Å². The van der Waals surface area contributed by atoms with Crippen molar-refractivity contribution in [3.05, 3.63) is 52.3 Å². The first-order chi connectivity index (χ1) is 10.1. The summed E-state index contributed by atoms with van der Waals surface area (Å²) in [5.41, 5.74) is 0.729. The van der Waals surface area contributed by atoms with Crippen molar-refractivity contribution < 1.29 is 14.6 Å². The molecule has 1 aliphatic rings. The Morgan fingerprint density at radius 1 is 1.38 bits per heavy atom. The quantitative estimate of drug-likeness (QED) is 0.631. The van der Waals surface area contributed by atoms with Crippen LogP contribution in [0.1, 0.15) is 16.9 Å². The highest BCUT2D eigenvalue weighted by Gasteiger charge is 2.23. The molecule has 0 aliphatic carbocycles. The first-order valence-corrected chi connectivity index (χ1v) is 6.40. The highest BCUT2D eigenvalue weighted by molar-refractivity contribution is 5.91. The van der Waals surface area contributed by atoms with Crippen LogP contribution in [0.2, 0.25) is 0 Å². The minimum atomic E-state index is -0.475. The summed E-state index contributed by atoms with van der Waals surface area (Å²) in [6.45, 7) is 1.07. The Hall–Kier alpha value is -2.74. The molecule has 21 heavy (non-hydrogen) atoms. The van der Waals surface area contributed by atoms with E-state index < -0.39 is 4.92 Å². The predicted molar refractivity (Wildman–Crippen MR) is 71.8 cm³/mol. The molecule has 0 radical (unpaired) electrons. The molecule has 1 fully saturated rings. The molecule has 0 N–H and O–H groups in total. The zero-order chi connectivity index (χ0) is 14.8. The smallest absolute Gasteiger partial charge is 0.271 e. The molecule has 1 aromatic carbocycles. The van der Waals surface area contributed by atoms with E-state index in [1.807, 2.05) is 0 Å². The monoisotopic (exact) mass is 288 g/mol. The van der Waals surface area contributed by atoms with Gasteiger partial charge in [-0.2, -0.15) is 5.10 Å². The number of hydrogen-bond donors (Lipinski definition) is 0. The van der Waals surface area contributed by atoms with Crippen LogP contribution >= 0.6 is 0 Å². The standard InChI is InChI=1S/C13H12N4O4/c18-13(16-6-2-8-21-16)12-5-7-15(14-12)10-3-1-4-11(9-10)17(19)20/h1,3-5,7,9H,2,6,8H2. The van der Waals surface area contributed by atoms with E-state index in [1.165, 1.54) is 21.9 Å². The molecule has 1 aromatic heterocycles. The molecule has 1 saturated heterocycles.